The number of amides is 7. The first-order valence-electron chi connectivity index (χ1n) is 30.1. The van der Waals surface area contributed by atoms with Crippen molar-refractivity contribution in [3.05, 3.63) is 74.6 Å². The number of aliphatic carboxylic acids is 2. The van der Waals surface area contributed by atoms with Crippen LogP contribution in [-0.4, -0.2) is 204 Å². The van der Waals surface area contributed by atoms with E-state index in [0.717, 1.165) is 10.8 Å². The molecule has 7 amide bonds. The number of H-pyrrole nitrogens is 1. The number of nitrogens with zero attached hydrogens (tertiary/aromatic N) is 4. The quantitative estimate of drug-likeness (QED) is 0.0134. The largest absolute Gasteiger partial charge is 0.480 e. The minimum atomic E-state index is -1.70. The zero-order chi connectivity index (χ0) is 71.0. The summed E-state index contributed by atoms with van der Waals surface area (Å²) < 4.78 is 11.2. The van der Waals surface area contributed by atoms with Gasteiger partial charge in [-0.1, -0.05) is 21.6 Å². The van der Waals surface area contributed by atoms with Crippen LogP contribution in [0.2, 0.25) is 0 Å². The number of carbonyl (C=O) groups excluding carboxylic acids is 11. The number of urea groups is 1. The number of primary amides is 2. The van der Waals surface area contributed by atoms with Crippen LogP contribution < -0.4 is 70.6 Å². The van der Waals surface area contributed by atoms with Gasteiger partial charge in [0.1, 0.15) is 43.3 Å². The fraction of sp³-hybridized carbons (Fsp3) is 0.508. The third-order valence-electron chi connectivity index (χ3n) is 16.1. The Labute approximate surface area is 556 Å². The monoisotopic (exact) mass is 1380 g/mol. The molecule has 6 rings (SSSR count). The summed E-state index contributed by atoms with van der Waals surface area (Å²) in [7, 11) is 3.72. The van der Waals surface area contributed by atoms with Crippen molar-refractivity contribution in [1.82, 2.24) is 67.4 Å². The number of hydrogen-bond donors (Lipinski definition) is 15. The first-order chi connectivity index (χ1) is 45.3. The van der Waals surface area contributed by atoms with Crippen molar-refractivity contribution in [1.29, 1.82) is 0 Å². The van der Waals surface area contributed by atoms with Crippen molar-refractivity contribution in [2.75, 3.05) is 49.5 Å². The number of nitrogens with one attached hydrogen (secondary N) is 10. The summed E-state index contributed by atoms with van der Waals surface area (Å²) in [4.78, 5) is 198. The molecule has 35 nitrogen and oxygen atoms in total. The summed E-state index contributed by atoms with van der Waals surface area (Å²) >= 11 is 0. The summed E-state index contributed by atoms with van der Waals surface area (Å²) in [5.41, 5.74) is 13.2. The molecule has 8 atom stereocenters. The Hall–Kier alpha value is -9.59. The first-order valence-corrected chi connectivity index (χ1v) is 32.6. The van der Waals surface area contributed by atoms with E-state index < -0.39 is 155 Å². The number of benzene rings is 1. The maximum atomic E-state index is 14.4. The van der Waals surface area contributed by atoms with Crippen LogP contribution in [0.4, 0.5) is 21.2 Å². The predicted molar refractivity (Wildman–Crippen MR) is 346 cm³/mol. The van der Waals surface area contributed by atoms with Gasteiger partial charge in [0.05, 0.1) is 60.0 Å². The van der Waals surface area contributed by atoms with Crippen molar-refractivity contribution >= 4 is 122 Å². The number of carboxylic acids is 2. The van der Waals surface area contributed by atoms with Crippen molar-refractivity contribution in [3.63, 3.8) is 0 Å². The van der Waals surface area contributed by atoms with Crippen LogP contribution in [0.25, 0.3) is 11.2 Å². The molecule has 1 aromatic carbocycles. The van der Waals surface area contributed by atoms with Crippen molar-refractivity contribution in [3.8, 4) is 0 Å². The van der Waals surface area contributed by atoms with Crippen LogP contribution in [-0.2, 0) is 64.0 Å². The number of aldehydes is 2. The van der Waals surface area contributed by atoms with Crippen LogP contribution in [0.5, 0.6) is 0 Å². The van der Waals surface area contributed by atoms with Crippen LogP contribution in [0.15, 0.2) is 57.8 Å². The van der Waals surface area contributed by atoms with Crippen LogP contribution in [0.1, 0.15) is 103 Å². The Morgan fingerprint density at radius 2 is 1.48 bits per heavy atom. The van der Waals surface area contributed by atoms with Crippen molar-refractivity contribution < 1.29 is 82.0 Å². The highest BCUT2D eigenvalue weighted by Crippen LogP contribution is 2.51. The number of aromatic nitrogens is 4. The van der Waals surface area contributed by atoms with E-state index in [2.05, 4.69) is 67.8 Å². The molecule has 2 aromatic heterocycles. The number of ether oxygens (including phenoxy) is 2. The SMILES string of the molecule is CO[C@]12[C@H](C)NCN1C1=C(C(=O)C(NC(C)(C)CCSSC[C@H](NC(=O)[C@H](CC=O)NC(=O)[C@H](CCCNC(N)=O)NC(=O)[C@H](CC=O)NC(C)(C)C(=O)CC[C@H](NC(=O)c3ccc(NCc4cnc5nc(N)[nH]c(=O)c5n4)cc3)C(=O)O)C(=O)O)=C(C)C1=O)[C@H]2COC(N)=O. The van der Waals surface area contributed by atoms with Gasteiger partial charge in [-0.05, 0) is 91.5 Å². The number of methoxy groups -OCH3 is 1. The second-order valence-electron chi connectivity index (χ2n) is 23.8. The fourth-order valence-electron chi connectivity index (χ4n) is 10.9. The smallest absolute Gasteiger partial charge is 0.404 e. The lowest BCUT2D eigenvalue weighted by molar-refractivity contribution is -0.142. The van der Waals surface area contributed by atoms with E-state index in [1.54, 1.807) is 18.7 Å². The van der Waals surface area contributed by atoms with E-state index >= 15 is 0 Å². The second kappa shape index (κ2) is 33.2. The Balaban J connectivity index is 1.01. The maximum absolute atomic E-state index is 14.4. The Morgan fingerprint density at radius 3 is 2.11 bits per heavy atom. The molecule has 1 aliphatic carbocycles. The highest BCUT2D eigenvalue weighted by atomic mass is 33.1. The summed E-state index contributed by atoms with van der Waals surface area (Å²) in [5, 5.41) is 44.4. The second-order valence-corrected chi connectivity index (χ2v) is 26.4. The van der Waals surface area contributed by atoms with Gasteiger partial charge in [0.2, 0.25) is 35.2 Å². The molecule has 3 aliphatic rings. The molecule has 0 unspecified atom stereocenters. The molecule has 37 heteroatoms. The van der Waals surface area contributed by atoms with Gasteiger partial charge in [-0.2, -0.15) is 4.98 Å². The highest BCUT2D eigenvalue weighted by Gasteiger charge is 2.64. The topological polar surface area (TPSA) is 542 Å². The molecule has 4 heterocycles. The fourth-order valence-corrected chi connectivity index (χ4v) is 13.4. The lowest BCUT2D eigenvalue weighted by atomic mass is 9.81. The molecular formula is C59H79N17O18S2. The van der Waals surface area contributed by atoms with E-state index in [0.29, 0.717) is 36.1 Å². The van der Waals surface area contributed by atoms with E-state index in [1.807, 2.05) is 6.92 Å². The standard InChI is InChI=1S/C59H79N17O18S2/c1-28-41(45(81)40-33(25-94-56(62)92)59(93-7)29(2)66-27-76(59)43(40)44(28)80)75-57(3,4)18-22-95-96-26-38(53(89)90)71-49(84)35(16-20-77)69-48(83)34(9-8-19-63-55(61)91)68-50(85)36(17-21-78)74-58(5,6)39(79)15-14-37(52(87)88)70-47(82)30-10-12-31(13-11-30)64-23-32-24-65-46-42(67-32)51(86)73-54(60)72-46/h10-13,20-21,24,29,33-38,64,66,74-75H,8-9,14-19,22-23,25-27H2,1-7H3,(H2,62,92)(H,68,85)(H,69,83)(H,70,82)(H,71,84)(H,87,88)(H,89,90)(H3,61,63,91)(H3,60,65,72,73,86)/t29-,33+,34-,35-,36-,37-,38-,59-/m0/s1. The Morgan fingerprint density at radius 1 is 0.844 bits per heavy atom. The number of carbonyl (C=O) groups is 13. The average Bonchev–Trinajstić information content (AvgIpc) is 1.53. The van der Waals surface area contributed by atoms with Gasteiger partial charge in [-0.15, -0.1) is 0 Å². The lowest BCUT2D eigenvalue weighted by Gasteiger charge is -2.39. The first kappa shape index (κ1) is 75.4. The van der Waals surface area contributed by atoms with E-state index in [1.165, 1.54) is 69.1 Å². The van der Waals surface area contributed by atoms with Gasteiger partial charge in [-0.25, -0.2) is 29.1 Å². The molecule has 2 aliphatic heterocycles. The summed E-state index contributed by atoms with van der Waals surface area (Å²) in [6.45, 7) is 9.46. The zero-order valence-electron chi connectivity index (χ0n) is 53.5. The maximum Gasteiger partial charge on any atom is 0.404 e. The van der Waals surface area contributed by atoms with Gasteiger partial charge in [0.15, 0.2) is 22.7 Å². The Kier molecular flexibility index (Phi) is 26.1. The molecule has 18 N–H and O–H groups in total. The molecular weight excluding hydrogens is 1300 g/mol. The molecule has 96 heavy (non-hydrogen) atoms. The number of nitrogen functional groups attached to an aromatic ring is 1. The molecule has 0 saturated carbocycles. The molecule has 0 spiro atoms. The minimum absolute atomic E-state index is 0.0200. The molecule has 3 aromatic rings. The molecule has 520 valence electrons. The van der Waals surface area contributed by atoms with E-state index in [9.17, 15) is 77.3 Å². The number of fused-ring (bicyclic) bond motifs is 3. The normalized spacial score (nSPS) is 18.4. The summed E-state index contributed by atoms with van der Waals surface area (Å²) in [5.74, 6) is -9.37. The number of nitrogens with two attached hydrogens (primary N) is 3. The third kappa shape index (κ3) is 18.9. The number of ketones is 3. The molecule has 1 fully saturated rings. The summed E-state index contributed by atoms with van der Waals surface area (Å²) in [6.07, 6.45) is -1.09. The van der Waals surface area contributed by atoms with Gasteiger partial charge in [-0.3, -0.25) is 54.0 Å². The zero-order valence-corrected chi connectivity index (χ0v) is 55.2. The van der Waals surface area contributed by atoms with Crippen molar-refractivity contribution in [2.45, 2.75) is 146 Å². The minimum Gasteiger partial charge on any atom is -0.480 e. The van der Waals surface area contributed by atoms with Crippen LogP contribution in [0, 0.1) is 5.92 Å². The number of Topliss-reactive ketones (excluding diaryl/α,β-unsaturated/α-hetero) is 3. The summed E-state index contributed by atoms with van der Waals surface area (Å²) in [6, 6.07) is -3.37. The molecule has 0 radical (unpaired) electrons. The molecule has 1 saturated heterocycles. The van der Waals surface area contributed by atoms with Gasteiger partial charge in [0, 0.05) is 72.4 Å². The van der Waals surface area contributed by atoms with E-state index in [4.69, 9.17) is 26.7 Å². The van der Waals surface area contributed by atoms with Crippen LogP contribution >= 0.6 is 21.6 Å². The third-order valence-corrected chi connectivity index (χ3v) is 18.5. The van der Waals surface area contributed by atoms with Crippen molar-refractivity contribution in [2.24, 2.45) is 17.4 Å². The highest BCUT2D eigenvalue weighted by molar-refractivity contribution is 8.76. The predicted octanol–water partition coefficient (Wildman–Crippen LogP) is -1.52. The van der Waals surface area contributed by atoms with Gasteiger partial charge in [0.25, 0.3) is 11.5 Å². The van der Waals surface area contributed by atoms with Crippen LogP contribution in [0.3, 0.4) is 0 Å². The molecule has 0 bridgehead atoms. The number of rotatable bonds is 38. The van der Waals surface area contributed by atoms with Gasteiger partial charge >= 0.3 is 24.1 Å². The van der Waals surface area contributed by atoms with Gasteiger partial charge < -0.3 is 88.6 Å². The number of aromatic amines is 1. The number of allylic oxidation sites excluding steroid dienone is 2. The lowest BCUT2D eigenvalue weighted by Crippen LogP contribution is -2.60. The average molecular weight is 1380 g/mol. The number of hydrogen-bond acceptors (Lipinski definition) is 27. The number of carboxylic acid groups (broad SMARTS) is 2. The van der Waals surface area contributed by atoms with E-state index in [-0.39, 0.29) is 90.2 Å². The Bertz CT molecular complexity index is 3640. The number of anilines is 2.